The zero-order chi connectivity index (χ0) is 15.1. The van der Waals surface area contributed by atoms with Crippen molar-refractivity contribution in [3.63, 3.8) is 0 Å². The third-order valence-electron chi connectivity index (χ3n) is 4.31. The Bertz CT molecular complexity index is 458. The van der Waals surface area contributed by atoms with Crippen LogP contribution in [-0.2, 0) is 6.54 Å². The fourth-order valence-electron chi connectivity index (χ4n) is 2.79. The fraction of sp³-hybridized carbons (Fsp3) is 0.588. The Kier molecular flexibility index (Phi) is 6.04. The van der Waals surface area contributed by atoms with Gasteiger partial charge in [0.1, 0.15) is 0 Å². The van der Waals surface area contributed by atoms with Crippen LogP contribution < -0.4 is 4.90 Å². The number of nitriles is 1. The molecule has 1 aliphatic rings. The Morgan fingerprint density at radius 3 is 2.52 bits per heavy atom. The van der Waals surface area contributed by atoms with Gasteiger partial charge in [-0.05, 0) is 49.5 Å². The van der Waals surface area contributed by atoms with E-state index in [4.69, 9.17) is 10.4 Å². The Labute approximate surface area is 127 Å². The normalized spacial score (nSPS) is 16.6. The number of likely N-dealkylation sites (tertiary alicyclic amines) is 1. The van der Waals surface area contributed by atoms with Crippen molar-refractivity contribution in [1.82, 2.24) is 4.90 Å². The summed E-state index contributed by atoms with van der Waals surface area (Å²) in [4.78, 5) is 4.57. The first kappa shape index (κ1) is 15.8. The van der Waals surface area contributed by atoms with Crippen LogP contribution in [0.15, 0.2) is 24.3 Å². The first-order chi connectivity index (χ1) is 10.2. The second-order valence-electron chi connectivity index (χ2n) is 5.90. The highest BCUT2D eigenvalue weighted by molar-refractivity contribution is 5.46. The molecule has 1 aromatic rings. The molecule has 0 saturated carbocycles. The molecule has 21 heavy (non-hydrogen) atoms. The molecule has 2 rings (SSSR count). The van der Waals surface area contributed by atoms with E-state index >= 15 is 0 Å². The maximum absolute atomic E-state index is 9.17. The minimum atomic E-state index is 0.331. The molecule has 114 valence electrons. The molecule has 1 N–H and O–H groups in total. The van der Waals surface area contributed by atoms with Gasteiger partial charge in [-0.25, -0.2) is 0 Å². The Balaban J connectivity index is 1.84. The molecule has 0 unspecified atom stereocenters. The molecule has 4 nitrogen and oxygen atoms in total. The summed E-state index contributed by atoms with van der Waals surface area (Å²) in [5.41, 5.74) is 2.49. The van der Waals surface area contributed by atoms with Gasteiger partial charge < -0.3 is 10.0 Å². The van der Waals surface area contributed by atoms with Gasteiger partial charge in [0, 0.05) is 32.4 Å². The number of piperidine rings is 1. The molecule has 1 heterocycles. The Hall–Kier alpha value is -1.57. The van der Waals surface area contributed by atoms with Gasteiger partial charge in [-0.3, -0.25) is 4.90 Å². The first-order valence-corrected chi connectivity index (χ1v) is 7.73. The van der Waals surface area contributed by atoms with E-state index in [0.717, 1.165) is 44.7 Å². The summed E-state index contributed by atoms with van der Waals surface area (Å²) in [6.07, 6.45) is 2.76. The van der Waals surface area contributed by atoms with Gasteiger partial charge in [-0.1, -0.05) is 12.1 Å². The summed E-state index contributed by atoms with van der Waals surface area (Å²) in [6, 6.07) is 10.8. The highest BCUT2D eigenvalue weighted by Crippen LogP contribution is 2.20. The van der Waals surface area contributed by atoms with E-state index in [0.29, 0.717) is 18.9 Å². The number of aliphatic hydroxyl groups is 1. The van der Waals surface area contributed by atoms with Gasteiger partial charge in [0.05, 0.1) is 12.5 Å². The van der Waals surface area contributed by atoms with Gasteiger partial charge in [0.15, 0.2) is 0 Å². The van der Waals surface area contributed by atoms with E-state index < -0.39 is 0 Å². The molecule has 0 radical (unpaired) electrons. The van der Waals surface area contributed by atoms with Crippen molar-refractivity contribution < 1.29 is 5.11 Å². The van der Waals surface area contributed by atoms with Crippen LogP contribution in [0.3, 0.4) is 0 Å². The summed E-state index contributed by atoms with van der Waals surface area (Å²) in [5.74, 6) is 0.498. The molecule has 1 saturated heterocycles. The Morgan fingerprint density at radius 2 is 1.95 bits per heavy atom. The number of aliphatic hydroxyl groups excluding tert-OH is 1. The van der Waals surface area contributed by atoms with Crippen LogP contribution in [-0.4, -0.2) is 43.3 Å². The quantitative estimate of drug-likeness (QED) is 0.872. The molecular formula is C17H25N3O. The van der Waals surface area contributed by atoms with Crippen molar-refractivity contribution in [3.8, 4) is 6.07 Å². The van der Waals surface area contributed by atoms with Gasteiger partial charge in [0.2, 0.25) is 0 Å². The maximum Gasteiger partial charge on any atom is 0.0640 e. The molecule has 0 amide bonds. The average Bonchev–Trinajstić information content (AvgIpc) is 2.54. The van der Waals surface area contributed by atoms with Crippen LogP contribution in [0.1, 0.15) is 24.8 Å². The number of rotatable bonds is 6. The highest BCUT2D eigenvalue weighted by atomic mass is 16.3. The SMILES string of the molecule is CN(CCC#N)c1ccc(CN2CCC(CO)CC2)cc1. The molecule has 4 heteroatoms. The molecule has 0 aliphatic carbocycles. The summed E-state index contributed by atoms with van der Waals surface area (Å²) < 4.78 is 0. The van der Waals surface area contributed by atoms with Crippen LogP contribution in [0.4, 0.5) is 5.69 Å². The van der Waals surface area contributed by atoms with Crippen molar-refractivity contribution in [3.05, 3.63) is 29.8 Å². The van der Waals surface area contributed by atoms with E-state index in [1.54, 1.807) is 0 Å². The molecule has 1 aromatic carbocycles. The first-order valence-electron chi connectivity index (χ1n) is 7.73. The van der Waals surface area contributed by atoms with E-state index in [1.165, 1.54) is 5.56 Å². The van der Waals surface area contributed by atoms with Crippen LogP contribution in [0.25, 0.3) is 0 Å². The van der Waals surface area contributed by atoms with Gasteiger partial charge >= 0.3 is 0 Å². The van der Waals surface area contributed by atoms with Crippen LogP contribution in [0.5, 0.6) is 0 Å². The fourth-order valence-corrected chi connectivity index (χ4v) is 2.79. The van der Waals surface area contributed by atoms with E-state index in [-0.39, 0.29) is 0 Å². The lowest BCUT2D eigenvalue weighted by molar-refractivity contribution is 0.127. The van der Waals surface area contributed by atoms with Crippen molar-refractivity contribution in [1.29, 1.82) is 5.26 Å². The highest BCUT2D eigenvalue weighted by Gasteiger charge is 2.18. The van der Waals surface area contributed by atoms with E-state index in [9.17, 15) is 0 Å². The molecule has 0 atom stereocenters. The second kappa shape index (κ2) is 8.02. The third-order valence-corrected chi connectivity index (χ3v) is 4.31. The minimum absolute atomic E-state index is 0.331. The standard InChI is InChI=1S/C17H25N3O/c1-19(10-2-9-18)17-5-3-15(4-6-17)13-20-11-7-16(14-21)8-12-20/h3-6,16,21H,2,7-8,10-14H2,1H3. The summed E-state index contributed by atoms with van der Waals surface area (Å²) in [5, 5.41) is 17.8. The van der Waals surface area contributed by atoms with Crippen LogP contribution in [0.2, 0.25) is 0 Å². The summed E-state index contributed by atoms with van der Waals surface area (Å²) >= 11 is 0. The number of hydrogen-bond donors (Lipinski definition) is 1. The number of benzene rings is 1. The van der Waals surface area contributed by atoms with Crippen molar-refractivity contribution in [2.24, 2.45) is 5.92 Å². The lowest BCUT2D eigenvalue weighted by atomic mass is 9.97. The molecule has 0 bridgehead atoms. The molecule has 1 aliphatic heterocycles. The summed E-state index contributed by atoms with van der Waals surface area (Å²) in [7, 11) is 2.02. The second-order valence-corrected chi connectivity index (χ2v) is 5.90. The average molecular weight is 287 g/mol. The largest absolute Gasteiger partial charge is 0.396 e. The van der Waals surface area contributed by atoms with E-state index in [1.807, 2.05) is 7.05 Å². The number of nitrogens with zero attached hydrogens (tertiary/aromatic N) is 3. The Morgan fingerprint density at radius 1 is 1.29 bits per heavy atom. The maximum atomic E-state index is 9.17. The van der Waals surface area contributed by atoms with Crippen LogP contribution >= 0.6 is 0 Å². The topological polar surface area (TPSA) is 50.5 Å². The lowest BCUT2D eigenvalue weighted by Crippen LogP contribution is -2.34. The monoisotopic (exact) mass is 287 g/mol. The molecular weight excluding hydrogens is 262 g/mol. The minimum Gasteiger partial charge on any atom is -0.396 e. The zero-order valence-electron chi connectivity index (χ0n) is 12.8. The molecule has 1 fully saturated rings. The number of hydrogen-bond acceptors (Lipinski definition) is 4. The van der Waals surface area contributed by atoms with Gasteiger partial charge in [-0.15, -0.1) is 0 Å². The predicted octanol–water partition coefficient (Wildman–Crippen LogP) is 2.24. The van der Waals surface area contributed by atoms with Crippen LogP contribution in [0, 0.1) is 17.2 Å². The number of anilines is 1. The van der Waals surface area contributed by atoms with Crippen molar-refractivity contribution >= 4 is 5.69 Å². The van der Waals surface area contributed by atoms with Gasteiger partial charge in [0.25, 0.3) is 0 Å². The summed E-state index contributed by atoms with van der Waals surface area (Å²) in [6.45, 7) is 4.24. The molecule has 0 aromatic heterocycles. The van der Waals surface area contributed by atoms with Crippen molar-refractivity contribution in [2.75, 3.05) is 38.2 Å². The third kappa shape index (κ3) is 4.73. The lowest BCUT2D eigenvalue weighted by Gasteiger charge is -2.31. The van der Waals surface area contributed by atoms with E-state index in [2.05, 4.69) is 40.1 Å². The predicted molar refractivity (Wildman–Crippen MR) is 85.0 cm³/mol. The smallest absolute Gasteiger partial charge is 0.0640 e. The molecule has 0 spiro atoms. The van der Waals surface area contributed by atoms with Gasteiger partial charge in [-0.2, -0.15) is 5.26 Å². The van der Waals surface area contributed by atoms with Crippen molar-refractivity contribution in [2.45, 2.75) is 25.8 Å². The zero-order valence-corrected chi connectivity index (χ0v) is 12.8.